The monoisotopic (exact) mass is 638 g/mol. The van der Waals surface area contributed by atoms with Crippen LogP contribution >= 0.6 is 15.9 Å². The number of carbonyl (C=O) groups excluding carboxylic acids is 1. The van der Waals surface area contributed by atoms with Gasteiger partial charge in [-0.15, -0.1) is 0 Å². The molecule has 0 bridgehead atoms. The second-order valence-electron chi connectivity index (χ2n) is 9.30. The van der Waals surface area contributed by atoms with Gasteiger partial charge in [-0.3, -0.25) is 9.10 Å². The Hall–Kier alpha value is -4.09. The second-order valence-corrected chi connectivity index (χ2v) is 12.1. The van der Waals surface area contributed by atoms with Crippen molar-refractivity contribution in [1.82, 2.24) is 9.99 Å². The molecule has 0 saturated carbocycles. The van der Waals surface area contributed by atoms with Crippen molar-refractivity contribution < 1.29 is 22.7 Å². The van der Waals surface area contributed by atoms with E-state index in [0.717, 1.165) is 37.0 Å². The van der Waals surface area contributed by atoms with Gasteiger partial charge >= 0.3 is 0 Å². The maximum atomic E-state index is 13.8. The van der Waals surface area contributed by atoms with Crippen LogP contribution < -0.4 is 19.2 Å². The van der Waals surface area contributed by atoms with E-state index < -0.39 is 22.5 Å². The van der Waals surface area contributed by atoms with Crippen molar-refractivity contribution in [2.75, 3.05) is 25.1 Å². The number of rotatable bonds is 10. The molecule has 0 fully saturated rings. The van der Waals surface area contributed by atoms with Gasteiger partial charge in [-0.1, -0.05) is 33.6 Å². The molecule has 0 aliphatic heterocycles. The highest BCUT2D eigenvalue weighted by Crippen LogP contribution is 2.32. The maximum absolute atomic E-state index is 13.8. The zero-order chi connectivity index (χ0) is 29.7. The summed E-state index contributed by atoms with van der Waals surface area (Å²) >= 11 is 3.46. The first-order chi connectivity index (χ1) is 19.5. The lowest BCUT2D eigenvalue weighted by Gasteiger charge is -2.24. The molecule has 0 radical (unpaired) electrons. The van der Waals surface area contributed by atoms with Crippen LogP contribution in [0, 0.1) is 20.8 Å². The molecule has 41 heavy (non-hydrogen) atoms. The molecular weight excluding hydrogens is 608 g/mol. The van der Waals surface area contributed by atoms with Gasteiger partial charge < -0.3 is 14.0 Å². The molecule has 0 spiro atoms. The van der Waals surface area contributed by atoms with Crippen molar-refractivity contribution in [1.29, 1.82) is 0 Å². The van der Waals surface area contributed by atoms with E-state index in [4.69, 9.17) is 9.47 Å². The van der Waals surface area contributed by atoms with E-state index >= 15 is 0 Å². The number of anilines is 1. The normalized spacial score (nSPS) is 11.5. The van der Waals surface area contributed by atoms with Crippen LogP contribution in [0.4, 0.5) is 5.69 Å². The second kappa shape index (κ2) is 12.6. The van der Waals surface area contributed by atoms with E-state index in [-0.39, 0.29) is 10.6 Å². The van der Waals surface area contributed by atoms with E-state index in [9.17, 15) is 13.2 Å². The average Bonchev–Trinajstić information content (AvgIpc) is 3.24. The highest BCUT2D eigenvalue weighted by molar-refractivity contribution is 9.10. The predicted molar refractivity (Wildman–Crippen MR) is 164 cm³/mol. The summed E-state index contributed by atoms with van der Waals surface area (Å²) in [6.45, 7) is 5.36. The number of methoxy groups -OCH3 is 2. The number of hydrogen-bond donors (Lipinski definition) is 1. The molecule has 0 aliphatic carbocycles. The highest BCUT2D eigenvalue weighted by Gasteiger charge is 2.28. The molecule has 3 aromatic carbocycles. The fourth-order valence-corrected chi connectivity index (χ4v) is 6.08. The number of nitrogens with zero attached hydrogens (tertiary/aromatic N) is 3. The van der Waals surface area contributed by atoms with Crippen LogP contribution in [0.5, 0.6) is 11.5 Å². The summed E-state index contributed by atoms with van der Waals surface area (Å²) in [7, 11) is -1.27. The van der Waals surface area contributed by atoms with Crippen LogP contribution in [-0.4, -0.2) is 45.9 Å². The average molecular weight is 640 g/mol. The Labute approximate surface area is 248 Å². The summed E-state index contributed by atoms with van der Waals surface area (Å²) in [6, 6.07) is 21.1. The fraction of sp³-hybridized carbons (Fsp3) is 0.200. The highest BCUT2D eigenvalue weighted by atomic mass is 79.9. The molecule has 0 saturated heterocycles. The van der Waals surface area contributed by atoms with Gasteiger partial charge in [0.2, 0.25) is 0 Å². The van der Waals surface area contributed by atoms with Crippen LogP contribution in [-0.2, 0) is 14.8 Å². The smallest absolute Gasteiger partial charge is 0.264 e. The van der Waals surface area contributed by atoms with Gasteiger partial charge in [0.05, 0.1) is 31.0 Å². The molecule has 0 atom stereocenters. The lowest BCUT2D eigenvalue weighted by Crippen LogP contribution is -2.39. The number of hydrogen-bond acceptors (Lipinski definition) is 6. The number of sulfonamides is 1. The quantitative estimate of drug-likeness (QED) is 0.182. The van der Waals surface area contributed by atoms with E-state index in [2.05, 4.69) is 31.0 Å². The molecular formula is C30H31BrN4O5S. The number of aromatic nitrogens is 1. The molecule has 1 N–H and O–H groups in total. The van der Waals surface area contributed by atoms with Gasteiger partial charge in [0.15, 0.2) is 11.5 Å². The molecule has 0 aliphatic rings. The van der Waals surface area contributed by atoms with Gasteiger partial charge in [0.25, 0.3) is 15.9 Å². The molecule has 214 valence electrons. The van der Waals surface area contributed by atoms with Crippen molar-refractivity contribution >= 4 is 43.8 Å². The minimum atomic E-state index is -4.16. The number of aryl methyl sites for hydroxylation is 2. The zero-order valence-corrected chi connectivity index (χ0v) is 25.8. The fourth-order valence-electron chi connectivity index (χ4n) is 4.38. The van der Waals surface area contributed by atoms with Gasteiger partial charge in [-0.05, 0) is 75.4 Å². The molecule has 1 amide bonds. The lowest BCUT2D eigenvalue weighted by atomic mass is 10.2. The van der Waals surface area contributed by atoms with Crippen LogP contribution in [0.25, 0.3) is 5.69 Å². The number of benzene rings is 3. The summed E-state index contributed by atoms with van der Waals surface area (Å²) in [5, 5.41) is 4.13. The molecule has 4 rings (SSSR count). The van der Waals surface area contributed by atoms with E-state index in [1.807, 2.05) is 51.1 Å². The van der Waals surface area contributed by atoms with Crippen molar-refractivity contribution in [3.63, 3.8) is 0 Å². The molecule has 0 unspecified atom stereocenters. The summed E-state index contributed by atoms with van der Waals surface area (Å²) in [4.78, 5) is 13.0. The van der Waals surface area contributed by atoms with Crippen molar-refractivity contribution in [2.24, 2.45) is 5.10 Å². The number of nitrogens with one attached hydrogen (secondary N) is 1. The Bertz CT molecular complexity index is 1680. The molecule has 9 nitrogen and oxygen atoms in total. The summed E-state index contributed by atoms with van der Waals surface area (Å²) < 4.78 is 42.2. The third kappa shape index (κ3) is 6.63. The summed E-state index contributed by atoms with van der Waals surface area (Å²) in [5.74, 6) is 0.0414. The van der Waals surface area contributed by atoms with E-state index in [1.54, 1.807) is 30.5 Å². The minimum absolute atomic E-state index is 0.0487. The lowest BCUT2D eigenvalue weighted by molar-refractivity contribution is -0.119. The van der Waals surface area contributed by atoms with Gasteiger partial charge in [0, 0.05) is 33.2 Å². The Morgan fingerprint density at radius 3 is 2.24 bits per heavy atom. The maximum Gasteiger partial charge on any atom is 0.264 e. The molecule has 1 aromatic heterocycles. The largest absolute Gasteiger partial charge is 0.493 e. The predicted octanol–water partition coefficient (Wildman–Crippen LogP) is 5.53. The first-order valence-corrected chi connectivity index (χ1v) is 14.9. The standard InChI is InChI=1S/C30H31BrN4O5S/c1-20-6-10-25(11-7-20)34(41(37,38)27-14-15-28(39-4)29(17-27)40-5)19-30(36)33-32-18-23-16-21(2)35(22(23)3)26-12-8-24(31)9-13-26/h6-18H,19H2,1-5H3,(H,33,36)/b32-18+. The van der Waals surface area contributed by atoms with Crippen LogP contribution in [0.2, 0.25) is 0 Å². The Morgan fingerprint density at radius 2 is 1.61 bits per heavy atom. The SMILES string of the molecule is COc1ccc(S(=O)(=O)N(CC(=O)N/N=C/c2cc(C)n(-c3ccc(Br)cc3)c2C)c2ccc(C)cc2)cc1OC. The van der Waals surface area contributed by atoms with E-state index in [1.165, 1.54) is 32.4 Å². The molecule has 4 aromatic rings. The number of hydrazone groups is 1. The number of ether oxygens (including phenoxy) is 2. The van der Waals surface area contributed by atoms with Crippen molar-refractivity contribution in [3.8, 4) is 17.2 Å². The Balaban J connectivity index is 1.58. The van der Waals surface area contributed by atoms with Crippen LogP contribution in [0.1, 0.15) is 22.5 Å². The number of carbonyl (C=O) groups is 1. The van der Waals surface area contributed by atoms with Crippen molar-refractivity contribution in [2.45, 2.75) is 25.7 Å². The first-order valence-electron chi connectivity index (χ1n) is 12.6. The van der Waals surface area contributed by atoms with Crippen LogP contribution in [0.3, 0.4) is 0 Å². The molecule has 11 heteroatoms. The minimum Gasteiger partial charge on any atom is -0.493 e. The third-order valence-electron chi connectivity index (χ3n) is 6.50. The van der Waals surface area contributed by atoms with Gasteiger partial charge in [-0.25, -0.2) is 13.8 Å². The Kier molecular flexibility index (Phi) is 9.19. The number of halogens is 1. The first kappa shape index (κ1) is 29.9. The summed E-state index contributed by atoms with van der Waals surface area (Å²) in [6.07, 6.45) is 1.55. The van der Waals surface area contributed by atoms with Crippen molar-refractivity contribution in [3.05, 3.63) is 99.8 Å². The zero-order valence-electron chi connectivity index (χ0n) is 23.4. The van der Waals surface area contributed by atoms with E-state index in [0.29, 0.717) is 11.4 Å². The number of amides is 1. The Morgan fingerprint density at radius 1 is 0.951 bits per heavy atom. The molecule has 1 heterocycles. The summed E-state index contributed by atoms with van der Waals surface area (Å²) in [5.41, 5.74) is 7.53. The topological polar surface area (TPSA) is 102 Å². The van der Waals surface area contributed by atoms with Crippen LogP contribution in [0.15, 0.2) is 87.3 Å². The van der Waals surface area contributed by atoms with Gasteiger partial charge in [-0.2, -0.15) is 5.10 Å². The third-order valence-corrected chi connectivity index (χ3v) is 8.80. The van der Waals surface area contributed by atoms with Gasteiger partial charge in [0.1, 0.15) is 6.54 Å².